The Morgan fingerprint density at radius 1 is 0.265 bits per heavy atom. The Labute approximate surface area is 626 Å². The zero-order chi connectivity index (χ0) is 74.9. The topological polar surface area (TPSA) is 237 Å². The van der Waals surface area contributed by atoms with E-state index in [4.69, 9.17) is 37.0 Å². The third kappa shape index (κ3) is 76.3. The first-order chi connectivity index (χ1) is 49.4. The van der Waals surface area contributed by atoms with Crippen LogP contribution in [0.4, 0.5) is 0 Å². The molecule has 17 nitrogen and oxygen atoms in total. The number of unbranched alkanes of at least 4 members (excludes halogenated alkanes) is 52. The van der Waals surface area contributed by atoms with Crippen molar-refractivity contribution >= 4 is 39.5 Å². The first-order valence-electron chi connectivity index (χ1n) is 43.0. The number of ether oxygens (including phenoxy) is 4. The largest absolute Gasteiger partial charge is 0.472 e. The second-order valence-electron chi connectivity index (χ2n) is 30.8. The Morgan fingerprint density at radius 2 is 0.451 bits per heavy atom. The van der Waals surface area contributed by atoms with E-state index >= 15 is 0 Å². The predicted molar refractivity (Wildman–Crippen MR) is 418 cm³/mol. The van der Waals surface area contributed by atoms with Gasteiger partial charge in [-0.05, 0) is 37.5 Å². The van der Waals surface area contributed by atoms with Crippen molar-refractivity contribution in [1.29, 1.82) is 0 Å². The number of hydrogen-bond donors (Lipinski definition) is 3. The zero-order valence-corrected chi connectivity index (χ0v) is 68.7. The molecule has 3 N–H and O–H groups in total. The zero-order valence-electron chi connectivity index (χ0n) is 66.9. The number of phosphoric ester groups is 2. The Balaban J connectivity index is 5.11. The molecule has 5 atom stereocenters. The fourth-order valence-electron chi connectivity index (χ4n) is 12.9. The van der Waals surface area contributed by atoms with Gasteiger partial charge in [-0.2, -0.15) is 0 Å². The van der Waals surface area contributed by atoms with E-state index in [1.807, 2.05) is 0 Å². The average molecular weight is 1490 g/mol. The van der Waals surface area contributed by atoms with E-state index in [2.05, 4.69) is 41.5 Å². The molecule has 0 aromatic rings. The first kappa shape index (κ1) is 100. The summed E-state index contributed by atoms with van der Waals surface area (Å²) in [6.07, 6.45) is 65.8. The highest BCUT2D eigenvalue weighted by Gasteiger charge is 2.30. The molecule has 0 aliphatic rings. The molecular formula is C83H162O17P2. The highest BCUT2D eigenvalue weighted by Crippen LogP contribution is 2.45. The van der Waals surface area contributed by atoms with E-state index in [1.54, 1.807) is 0 Å². The van der Waals surface area contributed by atoms with E-state index in [0.29, 0.717) is 25.7 Å². The molecular weight excluding hydrogens is 1330 g/mol. The maximum atomic E-state index is 13.1. The standard InChI is InChI=1S/C83H162O17P2/c1-7-9-11-13-14-15-16-17-18-19-20-21-22-23-28-34-39-44-49-55-62-68-83(88)100-79(72-94-81(86)66-60-54-48-43-38-33-29-24-26-31-36-41-46-52-57-63-75(3)4)74-98-102(91,92)96-70-77(84)69-95-101(89,90)97-73-78(71-93-80(85)65-59-51-12-10-8-2)99-82(87)67-61-56-50-45-40-35-30-25-27-32-37-42-47-53-58-64-76(5)6/h75-79,84H,7-74H2,1-6H3,(H,89,90)(H,91,92)/t77-,78+,79+/m0/s1. The third-order valence-corrected chi connectivity index (χ3v) is 21.4. The SMILES string of the molecule is CCCCCCCCCCCCCCCCCCCCCCCC(=O)O[C@H](COC(=O)CCCCCCCCCCCCCCCCCC(C)C)COP(=O)(O)OC[C@@H](O)COP(=O)(O)OC[C@@H](COC(=O)CCCCCCC)OC(=O)CCCCCCCCCCCCCCCCCC(C)C. The third-order valence-electron chi connectivity index (χ3n) is 19.5. The van der Waals surface area contributed by atoms with Gasteiger partial charge in [-0.1, -0.05) is 388 Å². The van der Waals surface area contributed by atoms with Crippen LogP contribution in [0, 0.1) is 11.8 Å². The van der Waals surface area contributed by atoms with Gasteiger partial charge in [0.05, 0.1) is 26.4 Å². The number of hydrogen-bond acceptors (Lipinski definition) is 15. The lowest BCUT2D eigenvalue weighted by molar-refractivity contribution is -0.161. The molecule has 0 radical (unpaired) electrons. The molecule has 606 valence electrons. The summed E-state index contributed by atoms with van der Waals surface area (Å²) in [4.78, 5) is 72.8. The maximum absolute atomic E-state index is 13.1. The van der Waals surface area contributed by atoms with Gasteiger partial charge in [0.2, 0.25) is 0 Å². The lowest BCUT2D eigenvalue weighted by Gasteiger charge is -2.21. The minimum Gasteiger partial charge on any atom is -0.462 e. The molecule has 102 heavy (non-hydrogen) atoms. The van der Waals surface area contributed by atoms with E-state index in [-0.39, 0.29) is 25.7 Å². The second kappa shape index (κ2) is 74.5. The molecule has 0 heterocycles. The van der Waals surface area contributed by atoms with Crippen LogP contribution in [0.5, 0.6) is 0 Å². The molecule has 0 saturated heterocycles. The van der Waals surface area contributed by atoms with Crippen LogP contribution in [0.2, 0.25) is 0 Å². The molecule has 0 fully saturated rings. The lowest BCUT2D eigenvalue weighted by atomic mass is 10.0. The van der Waals surface area contributed by atoms with Crippen molar-refractivity contribution in [1.82, 2.24) is 0 Å². The van der Waals surface area contributed by atoms with E-state index < -0.39 is 97.5 Å². The van der Waals surface area contributed by atoms with Crippen molar-refractivity contribution < 1.29 is 80.2 Å². The molecule has 0 aliphatic heterocycles. The number of rotatable bonds is 82. The highest BCUT2D eigenvalue weighted by atomic mass is 31.2. The monoisotopic (exact) mass is 1490 g/mol. The molecule has 0 aromatic heterocycles. The number of carbonyl (C=O) groups excluding carboxylic acids is 4. The Hall–Kier alpha value is -1.94. The summed E-state index contributed by atoms with van der Waals surface area (Å²) in [5.74, 6) is -0.509. The van der Waals surface area contributed by atoms with Gasteiger partial charge in [0.1, 0.15) is 19.3 Å². The first-order valence-corrected chi connectivity index (χ1v) is 46.0. The Morgan fingerprint density at radius 3 is 0.667 bits per heavy atom. The van der Waals surface area contributed by atoms with E-state index in [1.165, 1.54) is 250 Å². The second-order valence-corrected chi connectivity index (χ2v) is 33.7. The highest BCUT2D eigenvalue weighted by molar-refractivity contribution is 7.47. The van der Waals surface area contributed by atoms with Gasteiger partial charge in [0.25, 0.3) is 0 Å². The van der Waals surface area contributed by atoms with Gasteiger partial charge in [-0.15, -0.1) is 0 Å². The number of carbonyl (C=O) groups is 4. The van der Waals surface area contributed by atoms with Gasteiger partial charge < -0.3 is 33.8 Å². The number of esters is 4. The lowest BCUT2D eigenvalue weighted by Crippen LogP contribution is -2.30. The van der Waals surface area contributed by atoms with Crippen LogP contribution in [0.3, 0.4) is 0 Å². The summed E-state index contributed by atoms with van der Waals surface area (Å²) >= 11 is 0. The summed E-state index contributed by atoms with van der Waals surface area (Å²) in [6.45, 7) is 9.61. The summed E-state index contributed by atoms with van der Waals surface area (Å²) < 4.78 is 68.5. The Bertz CT molecular complexity index is 1960. The van der Waals surface area contributed by atoms with Gasteiger partial charge in [0.15, 0.2) is 12.2 Å². The summed E-state index contributed by atoms with van der Waals surface area (Å²) in [6, 6.07) is 0. The molecule has 0 bridgehead atoms. The normalized spacial score (nSPS) is 13.9. The molecule has 0 rings (SSSR count). The Kier molecular flexibility index (Phi) is 73.1. The molecule has 19 heteroatoms. The van der Waals surface area contributed by atoms with Gasteiger partial charge in [0, 0.05) is 25.7 Å². The summed E-state index contributed by atoms with van der Waals surface area (Å²) in [7, 11) is -9.91. The number of phosphoric acid groups is 2. The van der Waals surface area contributed by atoms with Crippen molar-refractivity contribution in [2.24, 2.45) is 11.8 Å². The molecule has 0 saturated carbocycles. The minimum absolute atomic E-state index is 0.107. The molecule has 0 amide bonds. The predicted octanol–water partition coefficient (Wildman–Crippen LogP) is 25.1. The summed E-state index contributed by atoms with van der Waals surface area (Å²) in [5.41, 5.74) is 0. The van der Waals surface area contributed by atoms with Crippen LogP contribution in [0.25, 0.3) is 0 Å². The number of aliphatic hydroxyl groups excluding tert-OH is 1. The van der Waals surface area contributed by atoms with Crippen LogP contribution >= 0.6 is 15.6 Å². The molecule has 0 spiro atoms. The van der Waals surface area contributed by atoms with Crippen molar-refractivity contribution in [3.8, 4) is 0 Å². The van der Waals surface area contributed by atoms with E-state index in [0.717, 1.165) is 108 Å². The number of aliphatic hydroxyl groups is 1. The van der Waals surface area contributed by atoms with Crippen LogP contribution in [-0.2, 0) is 65.4 Å². The fourth-order valence-corrected chi connectivity index (χ4v) is 14.5. The van der Waals surface area contributed by atoms with Crippen molar-refractivity contribution in [2.75, 3.05) is 39.6 Å². The van der Waals surface area contributed by atoms with Crippen LogP contribution < -0.4 is 0 Å². The van der Waals surface area contributed by atoms with Gasteiger partial charge in [-0.3, -0.25) is 37.3 Å². The molecule has 0 aliphatic carbocycles. The van der Waals surface area contributed by atoms with Crippen molar-refractivity contribution in [3.05, 3.63) is 0 Å². The van der Waals surface area contributed by atoms with E-state index in [9.17, 15) is 43.2 Å². The summed E-state index contributed by atoms with van der Waals surface area (Å²) in [5, 5.41) is 10.6. The van der Waals surface area contributed by atoms with Crippen molar-refractivity contribution in [3.63, 3.8) is 0 Å². The quantitative estimate of drug-likeness (QED) is 0.0222. The van der Waals surface area contributed by atoms with Gasteiger partial charge >= 0.3 is 39.5 Å². The van der Waals surface area contributed by atoms with Crippen LogP contribution in [0.15, 0.2) is 0 Å². The minimum atomic E-state index is -4.96. The average Bonchev–Trinajstić information content (AvgIpc) is 0.973. The molecule has 2 unspecified atom stereocenters. The van der Waals surface area contributed by atoms with Gasteiger partial charge in [-0.25, -0.2) is 9.13 Å². The maximum Gasteiger partial charge on any atom is 0.472 e. The smallest absolute Gasteiger partial charge is 0.462 e. The van der Waals surface area contributed by atoms with Crippen LogP contribution in [0.1, 0.15) is 440 Å². The fraction of sp³-hybridized carbons (Fsp3) is 0.952. The van der Waals surface area contributed by atoms with Crippen LogP contribution in [-0.4, -0.2) is 96.7 Å². The molecule has 0 aromatic carbocycles. The van der Waals surface area contributed by atoms with Crippen molar-refractivity contribution in [2.45, 2.75) is 458 Å².